The first-order valence-corrected chi connectivity index (χ1v) is 11.3. The van der Waals surface area contributed by atoms with Crippen molar-refractivity contribution in [3.8, 4) is 5.69 Å². The minimum Gasteiger partial charge on any atom is -0.376 e. The maximum Gasteiger partial charge on any atom is 0.416 e. The van der Waals surface area contributed by atoms with Crippen LogP contribution in [-0.4, -0.2) is 31.4 Å². The molecular weight excluding hydrogens is 485 g/mol. The van der Waals surface area contributed by atoms with Crippen LogP contribution in [0.2, 0.25) is 5.02 Å². The van der Waals surface area contributed by atoms with Crippen molar-refractivity contribution in [1.82, 2.24) is 18.7 Å². The van der Waals surface area contributed by atoms with Gasteiger partial charge in [-0.15, -0.1) is 0 Å². The first kappa shape index (κ1) is 23.4. The number of imidazole rings is 1. The van der Waals surface area contributed by atoms with Crippen molar-refractivity contribution in [2.75, 3.05) is 6.61 Å². The van der Waals surface area contributed by atoms with Crippen LogP contribution in [-0.2, 0) is 24.0 Å². The summed E-state index contributed by atoms with van der Waals surface area (Å²) in [6.07, 6.45) is -1.71. The molecule has 3 heterocycles. The van der Waals surface area contributed by atoms with Crippen LogP contribution in [0.3, 0.4) is 0 Å². The number of benzene rings is 2. The lowest BCUT2D eigenvalue weighted by Gasteiger charge is -2.15. The molecule has 1 aliphatic heterocycles. The molecule has 35 heavy (non-hydrogen) atoms. The standard InChI is InChI=1S/C24H20ClF3N4O3/c25-17-7-9-18(10-8-17)32-21-20(22(33)31(23(32)34)13-19-2-1-11-35-19)30(14-29-21)12-15-3-5-16(6-4-15)24(26,27)28/h3-10,14,19H,1-2,11-13H2. The molecule has 2 aromatic heterocycles. The van der Waals surface area contributed by atoms with Gasteiger partial charge in [-0.25, -0.2) is 14.3 Å². The molecule has 11 heteroatoms. The third-order valence-electron chi connectivity index (χ3n) is 6.03. The van der Waals surface area contributed by atoms with Gasteiger partial charge in [0.15, 0.2) is 11.2 Å². The second-order valence-electron chi connectivity index (χ2n) is 8.38. The largest absolute Gasteiger partial charge is 0.416 e. The molecule has 2 aromatic carbocycles. The minimum atomic E-state index is -4.44. The average molecular weight is 505 g/mol. The van der Waals surface area contributed by atoms with Crippen LogP contribution in [0.4, 0.5) is 13.2 Å². The van der Waals surface area contributed by atoms with Crippen molar-refractivity contribution >= 4 is 22.8 Å². The summed E-state index contributed by atoms with van der Waals surface area (Å²) in [5.41, 5.74) is -0.505. The van der Waals surface area contributed by atoms with E-state index in [0.717, 1.165) is 29.5 Å². The molecule has 0 amide bonds. The van der Waals surface area contributed by atoms with Gasteiger partial charge >= 0.3 is 11.9 Å². The Kier molecular flexibility index (Phi) is 6.02. The van der Waals surface area contributed by atoms with Crippen LogP contribution in [0.15, 0.2) is 64.4 Å². The molecule has 5 rings (SSSR count). The van der Waals surface area contributed by atoms with E-state index in [1.165, 1.54) is 27.6 Å². The van der Waals surface area contributed by atoms with Crippen molar-refractivity contribution in [3.63, 3.8) is 0 Å². The van der Waals surface area contributed by atoms with Gasteiger partial charge in [-0.05, 0) is 54.8 Å². The Morgan fingerprint density at radius 3 is 2.40 bits per heavy atom. The highest BCUT2D eigenvalue weighted by molar-refractivity contribution is 6.30. The molecule has 1 saturated heterocycles. The molecule has 0 saturated carbocycles. The summed E-state index contributed by atoms with van der Waals surface area (Å²) in [7, 11) is 0. The highest BCUT2D eigenvalue weighted by atomic mass is 35.5. The molecule has 0 aliphatic carbocycles. The van der Waals surface area contributed by atoms with Crippen LogP contribution < -0.4 is 11.2 Å². The Labute approximate surface area is 202 Å². The van der Waals surface area contributed by atoms with Crippen molar-refractivity contribution in [3.05, 3.63) is 91.8 Å². The molecule has 0 bridgehead atoms. The number of alkyl halides is 3. The molecule has 4 aromatic rings. The van der Waals surface area contributed by atoms with Crippen LogP contribution in [0.5, 0.6) is 0 Å². The first-order valence-electron chi connectivity index (χ1n) is 11.0. The summed E-state index contributed by atoms with van der Waals surface area (Å²) >= 11 is 6.01. The lowest BCUT2D eigenvalue weighted by Crippen LogP contribution is -2.42. The van der Waals surface area contributed by atoms with E-state index in [1.807, 2.05) is 0 Å². The van der Waals surface area contributed by atoms with E-state index >= 15 is 0 Å². The molecule has 1 aliphatic rings. The number of rotatable bonds is 5. The van der Waals surface area contributed by atoms with Crippen LogP contribution in [0.1, 0.15) is 24.0 Å². The Bertz CT molecular complexity index is 1480. The van der Waals surface area contributed by atoms with Gasteiger partial charge in [0, 0.05) is 18.2 Å². The summed E-state index contributed by atoms with van der Waals surface area (Å²) < 4.78 is 48.4. The molecule has 1 fully saturated rings. The Balaban J connectivity index is 1.65. The van der Waals surface area contributed by atoms with E-state index in [1.54, 1.807) is 24.3 Å². The van der Waals surface area contributed by atoms with E-state index in [9.17, 15) is 22.8 Å². The SMILES string of the molecule is O=c1c2c(ncn2Cc2ccc(C(F)(F)F)cc2)n(-c2ccc(Cl)cc2)c(=O)n1CC1CCCO1. The maximum absolute atomic E-state index is 13.5. The van der Waals surface area contributed by atoms with Crippen LogP contribution in [0, 0.1) is 0 Å². The topological polar surface area (TPSA) is 71.0 Å². The van der Waals surface area contributed by atoms with Gasteiger partial charge in [-0.2, -0.15) is 13.2 Å². The van der Waals surface area contributed by atoms with E-state index in [4.69, 9.17) is 16.3 Å². The summed E-state index contributed by atoms with van der Waals surface area (Å²) in [5, 5.41) is 0.485. The third-order valence-corrected chi connectivity index (χ3v) is 6.28. The molecule has 0 N–H and O–H groups in total. The van der Waals surface area contributed by atoms with Crippen molar-refractivity contribution in [1.29, 1.82) is 0 Å². The fourth-order valence-electron chi connectivity index (χ4n) is 4.27. The van der Waals surface area contributed by atoms with Crippen molar-refractivity contribution in [2.45, 2.75) is 38.2 Å². The summed E-state index contributed by atoms with van der Waals surface area (Å²) in [5.74, 6) is 0. The zero-order chi connectivity index (χ0) is 24.7. The number of nitrogens with zero attached hydrogens (tertiary/aromatic N) is 4. The zero-order valence-corrected chi connectivity index (χ0v) is 19.1. The van der Waals surface area contributed by atoms with Gasteiger partial charge in [0.25, 0.3) is 5.56 Å². The predicted molar refractivity (Wildman–Crippen MR) is 124 cm³/mol. The monoisotopic (exact) mass is 504 g/mol. The number of hydrogen-bond donors (Lipinski definition) is 0. The molecule has 0 spiro atoms. The van der Waals surface area contributed by atoms with E-state index in [0.29, 0.717) is 22.9 Å². The predicted octanol–water partition coefficient (Wildman–Crippen LogP) is 4.25. The van der Waals surface area contributed by atoms with Crippen LogP contribution >= 0.6 is 11.6 Å². The number of ether oxygens (including phenoxy) is 1. The number of hydrogen-bond acceptors (Lipinski definition) is 4. The van der Waals surface area contributed by atoms with E-state index in [2.05, 4.69) is 4.98 Å². The highest BCUT2D eigenvalue weighted by Crippen LogP contribution is 2.29. The minimum absolute atomic E-state index is 0.0899. The van der Waals surface area contributed by atoms with Gasteiger partial charge in [-0.3, -0.25) is 9.36 Å². The maximum atomic E-state index is 13.5. The normalized spacial score (nSPS) is 16.3. The molecule has 0 radical (unpaired) electrons. The molecular formula is C24H20ClF3N4O3. The van der Waals surface area contributed by atoms with Gasteiger partial charge in [0.1, 0.15) is 0 Å². The second-order valence-corrected chi connectivity index (χ2v) is 8.82. The van der Waals surface area contributed by atoms with Crippen LogP contribution in [0.25, 0.3) is 16.9 Å². The summed E-state index contributed by atoms with van der Waals surface area (Å²) in [4.78, 5) is 31.3. The van der Waals surface area contributed by atoms with Crippen molar-refractivity contribution in [2.24, 2.45) is 0 Å². The fourth-order valence-corrected chi connectivity index (χ4v) is 4.40. The average Bonchev–Trinajstić information content (AvgIpc) is 3.48. The van der Waals surface area contributed by atoms with Gasteiger partial charge in [-0.1, -0.05) is 23.7 Å². The van der Waals surface area contributed by atoms with Crippen molar-refractivity contribution < 1.29 is 17.9 Å². The van der Waals surface area contributed by atoms with E-state index < -0.39 is 23.0 Å². The lowest BCUT2D eigenvalue weighted by molar-refractivity contribution is -0.137. The lowest BCUT2D eigenvalue weighted by atomic mass is 10.1. The quantitative estimate of drug-likeness (QED) is 0.407. The summed E-state index contributed by atoms with van der Waals surface area (Å²) in [6, 6.07) is 11.3. The first-order chi connectivity index (χ1) is 16.7. The molecule has 7 nitrogen and oxygen atoms in total. The zero-order valence-electron chi connectivity index (χ0n) is 18.3. The van der Waals surface area contributed by atoms with Gasteiger partial charge < -0.3 is 9.30 Å². The number of aromatic nitrogens is 4. The fraction of sp³-hybridized carbons (Fsp3) is 0.292. The Morgan fingerprint density at radius 1 is 1.06 bits per heavy atom. The summed E-state index contributed by atoms with van der Waals surface area (Å²) in [6.45, 7) is 0.758. The smallest absolute Gasteiger partial charge is 0.376 e. The molecule has 182 valence electrons. The van der Waals surface area contributed by atoms with E-state index in [-0.39, 0.29) is 30.4 Å². The van der Waals surface area contributed by atoms with Gasteiger partial charge in [0.2, 0.25) is 0 Å². The third kappa shape index (κ3) is 4.51. The molecule has 1 atom stereocenters. The highest BCUT2D eigenvalue weighted by Gasteiger charge is 2.30. The number of fused-ring (bicyclic) bond motifs is 1. The number of halogens is 4. The Morgan fingerprint density at radius 2 is 1.77 bits per heavy atom. The Hall–Kier alpha value is -3.37. The molecule has 1 unspecified atom stereocenters. The van der Waals surface area contributed by atoms with Gasteiger partial charge in [0.05, 0.1) is 30.2 Å². The second kappa shape index (κ2) is 9.01.